The summed E-state index contributed by atoms with van der Waals surface area (Å²) in [5.41, 5.74) is 9.14. The van der Waals surface area contributed by atoms with Crippen LogP contribution in [-0.2, 0) is 24.1 Å². The molecule has 0 N–H and O–H groups in total. The molecular formula is C33H36O. The van der Waals surface area contributed by atoms with Crippen LogP contribution < -0.4 is 0 Å². The van der Waals surface area contributed by atoms with Crippen molar-refractivity contribution in [3.8, 4) is 0 Å². The molecule has 1 saturated carbocycles. The van der Waals surface area contributed by atoms with Gasteiger partial charge in [0.2, 0.25) is 0 Å². The number of carbonyl (C=O) groups excluding carboxylic acids is 1. The van der Waals surface area contributed by atoms with Crippen molar-refractivity contribution < 1.29 is 4.79 Å². The predicted molar refractivity (Wildman–Crippen MR) is 142 cm³/mol. The fourth-order valence-electron chi connectivity index (χ4n) is 5.78. The summed E-state index contributed by atoms with van der Waals surface area (Å²) in [5.74, 6) is 1.79. The molecule has 0 aromatic heterocycles. The van der Waals surface area contributed by atoms with Gasteiger partial charge in [0, 0.05) is 0 Å². The van der Waals surface area contributed by atoms with Gasteiger partial charge in [-0.15, -0.1) is 0 Å². The molecular weight excluding hydrogens is 412 g/mol. The number of aryl methyl sites for hydroxylation is 3. The van der Waals surface area contributed by atoms with Gasteiger partial charge < -0.3 is 0 Å². The van der Waals surface area contributed by atoms with Crippen molar-refractivity contribution in [2.45, 2.75) is 70.6 Å². The first kappa shape index (κ1) is 22.8. The topological polar surface area (TPSA) is 17.1 Å². The van der Waals surface area contributed by atoms with Gasteiger partial charge in [-0.25, -0.2) is 0 Å². The van der Waals surface area contributed by atoms with Crippen molar-refractivity contribution in [2.24, 2.45) is 5.92 Å². The number of carbonyl (C=O) groups is 1. The fourth-order valence-corrected chi connectivity index (χ4v) is 5.78. The van der Waals surface area contributed by atoms with E-state index in [1.54, 1.807) is 6.08 Å². The molecule has 174 valence electrons. The summed E-state index contributed by atoms with van der Waals surface area (Å²) in [6.45, 7) is 4.52. The first-order chi connectivity index (χ1) is 16.6. The van der Waals surface area contributed by atoms with Crippen molar-refractivity contribution >= 4 is 11.9 Å². The maximum absolute atomic E-state index is 12.9. The third-order valence-electron chi connectivity index (χ3n) is 8.15. The maximum atomic E-state index is 12.9. The molecule has 0 spiro atoms. The molecule has 1 unspecified atom stereocenters. The zero-order valence-corrected chi connectivity index (χ0v) is 20.6. The van der Waals surface area contributed by atoms with Crippen LogP contribution in [0.4, 0.5) is 0 Å². The number of hydrogen-bond donors (Lipinski definition) is 0. The monoisotopic (exact) mass is 448 g/mol. The summed E-state index contributed by atoms with van der Waals surface area (Å²) in [6.07, 6.45) is 12.0. The van der Waals surface area contributed by atoms with E-state index in [9.17, 15) is 4.79 Å². The molecule has 1 heteroatoms. The largest absolute Gasteiger partial charge is 0.294 e. The van der Waals surface area contributed by atoms with Crippen LogP contribution in [0, 0.1) is 12.8 Å². The van der Waals surface area contributed by atoms with Crippen molar-refractivity contribution in [1.82, 2.24) is 0 Å². The van der Waals surface area contributed by atoms with E-state index in [4.69, 9.17) is 0 Å². The molecule has 1 atom stereocenters. The first-order valence-corrected chi connectivity index (χ1v) is 13.0. The Kier molecular flexibility index (Phi) is 6.81. The molecule has 3 aromatic carbocycles. The summed E-state index contributed by atoms with van der Waals surface area (Å²) >= 11 is 0. The molecule has 0 bridgehead atoms. The maximum Gasteiger partial charge on any atom is 0.163 e. The van der Waals surface area contributed by atoms with Crippen molar-refractivity contribution in [3.63, 3.8) is 0 Å². The van der Waals surface area contributed by atoms with Crippen LogP contribution in [0.15, 0.2) is 72.8 Å². The van der Waals surface area contributed by atoms with E-state index in [0.717, 1.165) is 31.1 Å². The Labute approximate surface area is 204 Å². The van der Waals surface area contributed by atoms with Gasteiger partial charge >= 0.3 is 0 Å². The third-order valence-corrected chi connectivity index (χ3v) is 8.15. The van der Waals surface area contributed by atoms with Crippen LogP contribution >= 0.6 is 0 Å². The summed E-state index contributed by atoms with van der Waals surface area (Å²) in [4.78, 5) is 12.9. The molecule has 0 saturated heterocycles. The Balaban J connectivity index is 1.28. The number of fused-ring (bicyclic) bond motifs is 1. The number of rotatable bonds is 6. The first-order valence-electron chi connectivity index (χ1n) is 13.0. The molecule has 1 fully saturated rings. The van der Waals surface area contributed by atoms with Gasteiger partial charge in [0.1, 0.15) is 0 Å². The Morgan fingerprint density at radius 1 is 0.794 bits per heavy atom. The van der Waals surface area contributed by atoms with Crippen LogP contribution in [-0.4, -0.2) is 5.78 Å². The predicted octanol–water partition coefficient (Wildman–Crippen LogP) is 8.00. The van der Waals surface area contributed by atoms with Gasteiger partial charge in [-0.2, -0.15) is 0 Å². The second-order valence-corrected chi connectivity index (χ2v) is 10.6. The zero-order valence-electron chi connectivity index (χ0n) is 20.6. The van der Waals surface area contributed by atoms with Gasteiger partial charge in [-0.05, 0) is 95.9 Å². The average molecular weight is 449 g/mol. The summed E-state index contributed by atoms with van der Waals surface area (Å²) in [6, 6.07) is 24.5. The highest BCUT2D eigenvalue weighted by Gasteiger charge is 2.25. The van der Waals surface area contributed by atoms with E-state index in [1.807, 2.05) is 6.08 Å². The van der Waals surface area contributed by atoms with E-state index in [2.05, 4.69) is 80.6 Å². The number of ketones is 1. The lowest BCUT2D eigenvalue weighted by Gasteiger charge is -2.26. The molecule has 2 aliphatic carbocycles. The molecule has 3 aromatic rings. The molecule has 0 aliphatic heterocycles. The van der Waals surface area contributed by atoms with Crippen LogP contribution in [0.25, 0.3) is 6.08 Å². The molecule has 5 rings (SSSR count). The molecule has 1 nitrogen and oxygen atoms in total. The van der Waals surface area contributed by atoms with E-state index in [0.29, 0.717) is 0 Å². The Bertz CT molecular complexity index is 1180. The summed E-state index contributed by atoms with van der Waals surface area (Å²) in [5, 5.41) is 0. The minimum Gasteiger partial charge on any atom is -0.294 e. The lowest BCUT2D eigenvalue weighted by Crippen LogP contribution is -2.18. The number of allylic oxidation sites excluding steroid dienone is 1. The van der Waals surface area contributed by atoms with Gasteiger partial charge in [0.15, 0.2) is 5.78 Å². The normalized spacial score (nSPS) is 21.9. The third kappa shape index (κ3) is 5.09. The summed E-state index contributed by atoms with van der Waals surface area (Å²) in [7, 11) is 0. The van der Waals surface area contributed by atoms with E-state index >= 15 is 0 Å². The molecule has 0 amide bonds. The van der Waals surface area contributed by atoms with Gasteiger partial charge in [0.25, 0.3) is 0 Å². The lowest BCUT2D eigenvalue weighted by molar-refractivity contribution is -0.116. The Morgan fingerprint density at radius 2 is 1.50 bits per heavy atom. The van der Waals surface area contributed by atoms with E-state index < -0.39 is 0 Å². The zero-order chi connectivity index (χ0) is 23.5. The second-order valence-electron chi connectivity index (χ2n) is 10.6. The standard InChI is InChI=1S/C33H36O/c1-23-7-14-27(15-8-23)28-16-11-25(12-17-28)9-10-26-13-18-29-19-20-33(34)32(31(29)21-26)22-30-6-4-3-5-24(30)2/h3-6,11-13,16-21,23,27,32H,7-10,14-15,22H2,1-2H3. The van der Waals surface area contributed by atoms with Crippen molar-refractivity contribution in [3.05, 3.63) is 112 Å². The highest BCUT2D eigenvalue weighted by molar-refractivity contribution is 6.02. The quantitative estimate of drug-likeness (QED) is 0.373. The fraction of sp³-hybridized carbons (Fsp3) is 0.364. The molecule has 2 aliphatic rings. The van der Waals surface area contributed by atoms with Crippen LogP contribution in [0.5, 0.6) is 0 Å². The highest BCUT2D eigenvalue weighted by atomic mass is 16.1. The van der Waals surface area contributed by atoms with E-state index in [1.165, 1.54) is 64.6 Å². The van der Waals surface area contributed by atoms with Crippen molar-refractivity contribution in [1.29, 1.82) is 0 Å². The van der Waals surface area contributed by atoms with Crippen molar-refractivity contribution in [2.75, 3.05) is 0 Å². The molecule has 0 heterocycles. The minimum atomic E-state index is -0.0847. The van der Waals surface area contributed by atoms with E-state index in [-0.39, 0.29) is 11.7 Å². The summed E-state index contributed by atoms with van der Waals surface area (Å²) < 4.78 is 0. The molecule has 34 heavy (non-hydrogen) atoms. The number of benzene rings is 3. The Morgan fingerprint density at radius 3 is 2.26 bits per heavy atom. The van der Waals surface area contributed by atoms with Crippen LogP contribution in [0.1, 0.15) is 83.4 Å². The second kappa shape index (κ2) is 10.1. The smallest absolute Gasteiger partial charge is 0.163 e. The minimum absolute atomic E-state index is 0.0847. The van der Waals surface area contributed by atoms with Crippen LogP contribution in [0.3, 0.4) is 0 Å². The Hall–Kier alpha value is -2.93. The SMILES string of the molecule is Cc1ccccc1CC1C(=O)C=Cc2ccc(CCc3ccc(C4CCC(C)CC4)cc3)cc21. The average Bonchev–Trinajstić information content (AvgIpc) is 2.86. The number of hydrogen-bond acceptors (Lipinski definition) is 1. The molecule has 0 radical (unpaired) electrons. The van der Waals surface area contributed by atoms with Gasteiger partial charge in [0.05, 0.1) is 5.92 Å². The highest BCUT2D eigenvalue weighted by Crippen LogP contribution is 2.36. The van der Waals surface area contributed by atoms with Crippen LogP contribution in [0.2, 0.25) is 0 Å². The van der Waals surface area contributed by atoms with Gasteiger partial charge in [-0.3, -0.25) is 4.79 Å². The lowest BCUT2D eigenvalue weighted by atomic mass is 9.79. The van der Waals surface area contributed by atoms with Gasteiger partial charge in [-0.1, -0.05) is 92.6 Å².